The fourth-order valence-corrected chi connectivity index (χ4v) is 13.9. The summed E-state index contributed by atoms with van der Waals surface area (Å²) in [6.45, 7) is 17.2. The number of rotatable bonds is 13. The van der Waals surface area contributed by atoms with Crippen LogP contribution in [0.15, 0.2) is 54.3 Å². The number of carbonyl (C=O) groups is 3. The molecule has 4 saturated heterocycles. The fraction of sp³-hybridized carbons (Fsp3) is 0.610. The molecule has 2 saturated carbocycles. The number of esters is 1. The number of methoxy groups -OCH3 is 1. The summed E-state index contributed by atoms with van der Waals surface area (Å²) in [5.41, 5.74) is 10.5. The number of benzene rings is 1. The van der Waals surface area contributed by atoms with Gasteiger partial charge in [0.05, 0.1) is 79.6 Å². The molecule has 5 aliphatic heterocycles. The van der Waals surface area contributed by atoms with E-state index in [1.165, 1.54) is 29.2 Å². The van der Waals surface area contributed by atoms with Crippen LogP contribution in [0.3, 0.4) is 0 Å². The molecule has 6 bridgehead atoms. The second-order valence-corrected chi connectivity index (χ2v) is 24.5. The summed E-state index contributed by atoms with van der Waals surface area (Å²) in [6.07, 6.45) is 11.1. The molecule has 12 rings (SSSR count). The Hall–Kier alpha value is -5.45. The minimum absolute atomic E-state index is 0.0285. The van der Waals surface area contributed by atoms with Gasteiger partial charge in [0.2, 0.25) is 5.91 Å². The van der Waals surface area contributed by atoms with Crippen LogP contribution in [0.25, 0.3) is 33.4 Å². The van der Waals surface area contributed by atoms with Crippen LogP contribution in [-0.4, -0.2) is 174 Å². The number of aromatic nitrogens is 5. The van der Waals surface area contributed by atoms with Crippen molar-refractivity contribution in [3.8, 4) is 22.5 Å². The minimum Gasteiger partial charge on any atom is -0.464 e. The van der Waals surface area contributed by atoms with Crippen molar-refractivity contribution in [3.63, 3.8) is 0 Å². The maximum atomic E-state index is 15.4. The standard InChI is InChI=1S/C59H77N11O8S/c1-36-48(54-60-15-7-16-61-54)49(36)55(71)64-51-53(68-22-27-76-28-23-68)56-63-46(34-79-56)38-9-12-47-42(30-38)44(32-59(3,4)35-78-58(73)45-8-6-17-70(65-45)57(51)72)52(69(47)24-29-77-41-13-25-75-26-14-41)43-31-40(33-62-50(43)37(2)74-5)67-20-18-66(19-21-67)39-10-11-39/h7,9,12,15-16,30-31,33-34,36-37,39,41,45,48-49,51,53,65H,6,8,10-11,13-14,17-29,32,35H2,1-5H3,(H,64,71)/t36-,37-,45-,48+,49+,51-,53-/m0/s1. The number of nitrogens with zero attached hydrogens (tertiary/aromatic N) is 9. The van der Waals surface area contributed by atoms with E-state index in [9.17, 15) is 9.59 Å². The molecule has 7 atom stereocenters. The zero-order chi connectivity index (χ0) is 54.4. The Bertz CT molecular complexity index is 2980. The maximum absolute atomic E-state index is 15.4. The highest BCUT2D eigenvalue weighted by molar-refractivity contribution is 7.10. The van der Waals surface area contributed by atoms with Crippen molar-refractivity contribution in [2.24, 2.45) is 17.3 Å². The van der Waals surface area contributed by atoms with Gasteiger partial charge in [-0.15, -0.1) is 11.3 Å². The quantitative estimate of drug-likeness (QED) is 0.124. The van der Waals surface area contributed by atoms with E-state index in [0.29, 0.717) is 89.3 Å². The molecule has 9 heterocycles. The lowest BCUT2D eigenvalue weighted by atomic mass is 9.84. The molecule has 422 valence electrons. The number of ether oxygens (including phenoxy) is 5. The molecule has 6 fully saturated rings. The third-order valence-electron chi connectivity index (χ3n) is 17.6. The number of carbonyl (C=O) groups excluding carboxylic acids is 3. The van der Waals surface area contributed by atoms with Crippen molar-refractivity contribution >= 4 is 45.7 Å². The van der Waals surface area contributed by atoms with Crippen molar-refractivity contribution in [1.82, 2.24) is 50.1 Å². The molecule has 79 heavy (non-hydrogen) atoms. The molecule has 2 aliphatic carbocycles. The monoisotopic (exact) mass is 1100 g/mol. The number of piperazine rings is 1. The Balaban J connectivity index is 0.992. The zero-order valence-electron chi connectivity index (χ0n) is 46.4. The van der Waals surface area contributed by atoms with E-state index in [0.717, 1.165) is 95.4 Å². The second kappa shape index (κ2) is 23.2. The van der Waals surface area contributed by atoms with E-state index in [2.05, 4.69) is 90.4 Å². The molecule has 7 aliphatic rings. The van der Waals surface area contributed by atoms with Gasteiger partial charge in [-0.05, 0) is 87.6 Å². The van der Waals surface area contributed by atoms with Gasteiger partial charge in [0.25, 0.3) is 5.91 Å². The highest BCUT2D eigenvalue weighted by Gasteiger charge is 2.55. The molecule has 2 N–H and O–H groups in total. The summed E-state index contributed by atoms with van der Waals surface area (Å²) in [7, 11) is 1.74. The topological polar surface area (TPSA) is 191 Å². The Morgan fingerprint density at radius 3 is 2.47 bits per heavy atom. The highest BCUT2D eigenvalue weighted by atomic mass is 32.1. The predicted molar refractivity (Wildman–Crippen MR) is 299 cm³/mol. The molecule has 20 heteroatoms. The summed E-state index contributed by atoms with van der Waals surface area (Å²) < 4.78 is 33.2. The lowest BCUT2D eigenvalue weighted by Gasteiger charge is -2.41. The van der Waals surface area contributed by atoms with Gasteiger partial charge in [-0.2, -0.15) is 0 Å². The van der Waals surface area contributed by atoms with E-state index in [4.69, 9.17) is 33.7 Å². The molecule has 5 aromatic rings. The lowest BCUT2D eigenvalue weighted by Crippen LogP contribution is -2.63. The predicted octanol–water partition coefficient (Wildman–Crippen LogP) is 6.33. The largest absolute Gasteiger partial charge is 0.464 e. The van der Waals surface area contributed by atoms with Crippen LogP contribution in [0, 0.1) is 17.3 Å². The first-order valence-corrected chi connectivity index (χ1v) is 29.8. The van der Waals surface area contributed by atoms with Gasteiger partial charge in [-0.1, -0.05) is 26.8 Å². The van der Waals surface area contributed by atoms with E-state index in [-0.39, 0.29) is 42.5 Å². The normalized spacial score (nSPS) is 26.9. The molecule has 19 nitrogen and oxygen atoms in total. The Kier molecular flexibility index (Phi) is 15.9. The molecule has 0 radical (unpaired) electrons. The first-order valence-electron chi connectivity index (χ1n) is 28.9. The number of cyclic esters (lactones) is 1. The Labute approximate surface area is 467 Å². The molecular weight excluding hydrogens is 1020 g/mol. The number of hydrogen-bond donors (Lipinski definition) is 2. The highest BCUT2D eigenvalue weighted by Crippen LogP contribution is 2.53. The van der Waals surface area contributed by atoms with Gasteiger partial charge < -0.3 is 38.5 Å². The van der Waals surface area contributed by atoms with Crippen LogP contribution < -0.4 is 15.6 Å². The van der Waals surface area contributed by atoms with Crippen molar-refractivity contribution in [3.05, 3.63) is 76.4 Å². The third-order valence-corrected chi connectivity index (χ3v) is 18.5. The van der Waals surface area contributed by atoms with Gasteiger partial charge in [-0.25, -0.2) is 20.4 Å². The Morgan fingerprint density at radius 2 is 1.71 bits per heavy atom. The van der Waals surface area contributed by atoms with Crippen molar-refractivity contribution in [2.45, 2.75) is 121 Å². The van der Waals surface area contributed by atoms with Crippen molar-refractivity contribution in [2.75, 3.05) is 97.5 Å². The van der Waals surface area contributed by atoms with E-state index in [1.54, 1.807) is 25.6 Å². The first-order chi connectivity index (χ1) is 38.4. The van der Waals surface area contributed by atoms with Crippen LogP contribution in [0.2, 0.25) is 0 Å². The third kappa shape index (κ3) is 11.5. The number of anilines is 1. The molecule has 0 spiro atoms. The van der Waals surface area contributed by atoms with E-state index < -0.39 is 35.4 Å². The molecule has 4 aromatic heterocycles. The van der Waals surface area contributed by atoms with Crippen LogP contribution in [-0.2, 0) is 51.0 Å². The molecule has 0 unspecified atom stereocenters. The number of hydrogen-bond acceptors (Lipinski definition) is 17. The number of morpholine rings is 1. The fourth-order valence-electron chi connectivity index (χ4n) is 12.9. The van der Waals surface area contributed by atoms with Gasteiger partial charge >= 0.3 is 5.97 Å². The minimum atomic E-state index is -1.07. The summed E-state index contributed by atoms with van der Waals surface area (Å²) in [6, 6.07) is 8.92. The van der Waals surface area contributed by atoms with Crippen LogP contribution in [0.4, 0.5) is 5.69 Å². The first kappa shape index (κ1) is 54.2. The van der Waals surface area contributed by atoms with E-state index >= 15 is 4.79 Å². The number of nitrogens with one attached hydrogen (secondary N) is 2. The van der Waals surface area contributed by atoms with Gasteiger partial charge in [-0.3, -0.25) is 34.2 Å². The SMILES string of the molecule is CO[C@@H](C)c1ncc(N2CCN(C3CC3)CC2)cc1-c1c2c3cc(ccc3n1CCOC1CCOCC1)-c1csc(n1)[C@@H](N1CCOCC1)[C@H](NC(=O)[C@@H]1[C@@H](C)[C@H]1c1ncccn1)C(=O)N1CCC[C@H](N1)C(=O)OCC(C)(C)C2. The molecule has 2 amide bonds. The number of amides is 2. The maximum Gasteiger partial charge on any atom is 0.324 e. The van der Waals surface area contributed by atoms with Gasteiger partial charge in [0.15, 0.2) is 0 Å². The van der Waals surface area contributed by atoms with Crippen molar-refractivity contribution in [1.29, 1.82) is 0 Å². The Morgan fingerprint density at radius 1 is 0.937 bits per heavy atom. The average molecular weight is 1100 g/mol. The molecular formula is C59H77N11O8S. The van der Waals surface area contributed by atoms with E-state index in [1.807, 2.05) is 13.1 Å². The summed E-state index contributed by atoms with van der Waals surface area (Å²) in [4.78, 5) is 71.6. The smallest absolute Gasteiger partial charge is 0.324 e. The van der Waals surface area contributed by atoms with Crippen LogP contribution >= 0.6 is 11.3 Å². The summed E-state index contributed by atoms with van der Waals surface area (Å²) in [5, 5.41) is 8.64. The van der Waals surface area contributed by atoms with Crippen LogP contribution in [0.5, 0.6) is 0 Å². The summed E-state index contributed by atoms with van der Waals surface area (Å²) in [5.74, 6) is -1.04. The molecule has 1 aromatic carbocycles. The number of fused-ring (bicyclic) bond motifs is 6. The zero-order valence-corrected chi connectivity index (χ0v) is 47.3. The lowest BCUT2D eigenvalue weighted by molar-refractivity contribution is -0.156. The van der Waals surface area contributed by atoms with Gasteiger partial charge in [0, 0.05) is 130 Å². The van der Waals surface area contributed by atoms with Crippen molar-refractivity contribution < 1.29 is 38.1 Å². The van der Waals surface area contributed by atoms with Crippen LogP contribution in [0.1, 0.15) is 106 Å². The number of pyridine rings is 1. The average Bonchev–Trinajstić information content (AvgIpc) is 4.53. The number of thiazole rings is 1. The second-order valence-electron chi connectivity index (χ2n) is 23.6. The summed E-state index contributed by atoms with van der Waals surface area (Å²) >= 11 is 1.49. The van der Waals surface area contributed by atoms with Gasteiger partial charge in [0.1, 0.15) is 22.9 Å². The number of hydrazine groups is 1.